The highest BCUT2D eigenvalue weighted by molar-refractivity contribution is 6.03. The lowest BCUT2D eigenvalue weighted by molar-refractivity contribution is -0.137. The molecule has 1 heterocycles. The lowest BCUT2D eigenvalue weighted by atomic mass is 10.1. The summed E-state index contributed by atoms with van der Waals surface area (Å²) in [4.78, 5) is 15.1. The van der Waals surface area contributed by atoms with Crippen LogP contribution in [0.5, 0.6) is 0 Å². The van der Waals surface area contributed by atoms with Crippen molar-refractivity contribution in [2.45, 2.75) is 6.18 Å². The molecule has 0 radical (unpaired) electrons. The van der Waals surface area contributed by atoms with E-state index in [-0.39, 0.29) is 5.95 Å². The van der Waals surface area contributed by atoms with E-state index in [1.54, 1.807) is 0 Å². The Balaban J connectivity index is 2.31. The van der Waals surface area contributed by atoms with Crippen molar-refractivity contribution < 1.29 is 22.4 Å². The van der Waals surface area contributed by atoms with E-state index in [2.05, 4.69) is 20.5 Å². The second-order valence-electron chi connectivity index (χ2n) is 3.48. The number of nitrogens with one attached hydrogen (secondary N) is 2. The molecule has 100 valence electrons. The number of nitrogens with zero attached hydrogens (tertiary/aromatic N) is 2. The van der Waals surface area contributed by atoms with Gasteiger partial charge < -0.3 is 0 Å². The van der Waals surface area contributed by atoms with Crippen LogP contribution in [0.15, 0.2) is 24.5 Å². The van der Waals surface area contributed by atoms with Crippen LogP contribution in [0.1, 0.15) is 15.9 Å². The summed E-state index contributed by atoms with van der Waals surface area (Å²) in [6.45, 7) is 0. The molecular weight excluding hydrogens is 268 g/mol. The molecule has 9 heteroatoms. The number of aromatic nitrogens is 3. The van der Waals surface area contributed by atoms with Crippen molar-refractivity contribution in [3.05, 3.63) is 41.5 Å². The molecule has 1 aromatic carbocycles. The Kier molecular flexibility index (Phi) is 3.19. The van der Waals surface area contributed by atoms with Crippen LogP contribution in [0.3, 0.4) is 0 Å². The van der Waals surface area contributed by atoms with Crippen molar-refractivity contribution in [1.29, 1.82) is 0 Å². The van der Waals surface area contributed by atoms with Gasteiger partial charge in [-0.3, -0.25) is 10.1 Å². The molecule has 0 fully saturated rings. The fourth-order valence-electron chi connectivity index (χ4n) is 1.32. The highest BCUT2D eigenvalue weighted by Gasteiger charge is 2.32. The molecule has 0 aliphatic heterocycles. The van der Waals surface area contributed by atoms with Crippen molar-refractivity contribution in [2.75, 3.05) is 5.32 Å². The van der Waals surface area contributed by atoms with Crippen LogP contribution >= 0.6 is 0 Å². The zero-order valence-electron chi connectivity index (χ0n) is 9.12. The summed E-state index contributed by atoms with van der Waals surface area (Å²) in [5, 5.41) is 7.77. The standard InChI is InChI=1S/C10H6F4N4O/c11-7-2-1-5(10(12,13)14)3-6(7)8(19)17-9-15-4-16-18-9/h1-4H,(H2,15,16,17,18,19). The minimum Gasteiger partial charge on any atom is -0.291 e. The molecule has 0 bridgehead atoms. The fraction of sp³-hybridized carbons (Fsp3) is 0.100. The largest absolute Gasteiger partial charge is 0.416 e. The first-order valence-electron chi connectivity index (χ1n) is 4.91. The minimum absolute atomic E-state index is 0.0955. The fourth-order valence-corrected chi connectivity index (χ4v) is 1.32. The van der Waals surface area contributed by atoms with Gasteiger partial charge in [0, 0.05) is 0 Å². The Labute approximate surface area is 103 Å². The van der Waals surface area contributed by atoms with Crippen LogP contribution in [0.25, 0.3) is 0 Å². The van der Waals surface area contributed by atoms with Gasteiger partial charge >= 0.3 is 6.18 Å². The Bertz CT molecular complexity index is 594. The summed E-state index contributed by atoms with van der Waals surface area (Å²) in [5.41, 5.74) is -1.84. The SMILES string of the molecule is O=C(Nc1ncn[nH]1)c1cc(C(F)(F)F)ccc1F. The smallest absolute Gasteiger partial charge is 0.291 e. The van der Waals surface area contributed by atoms with Gasteiger partial charge in [0.05, 0.1) is 11.1 Å². The van der Waals surface area contributed by atoms with Gasteiger partial charge in [0.1, 0.15) is 12.1 Å². The van der Waals surface area contributed by atoms with Crippen LogP contribution in [0.2, 0.25) is 0 Å². The Hall–Kier alpha value is -2.45. The van der Waals surface area contributed by atoms with E-state index in [4.69, 9.17) is 0 Å². The topological polar surface area (TPSA) is 70.7 Å². The molecule has 2 rings (SSSR count). The number of H-pyrrole nitrogens is 1. The van der Waals surface area contributed by atoms with Crippen molar-refractivity contribution in [1.82, 2.24) is 15.2 Å². The zero-order chi connectivity index (χ0) is 14.0. The normalized spacial score (nSPS) is 11.4. The zero-order valence-corrected chi connectivity index (χ0v) is 9.12. The second kappa shape index (κ2) is 4.67. The maximum Gasteiger partial charge on any atom is 0.416 e. The number of carbonyl (C=O) groups excluding carboxylic acids is 1. The molecule has 0 aliphatic carbocycles. The molecule has 0 spiro atoms. The van der Waals surface area contributed by atoms with Gasteiger partial charge in [-0.05, 0) is 18.2 Å². The number of hydrogen-bond acceptors (Lipinski definition) is 3. The third kappa shape index (κ3) is 2.87. The molecule has 2 aromatic rings. The summed E-state index contributed by atoms with van der Waals surface area (Å²) in [6.07, 6.45) is -3.58. The molecule has 5 nitrogen and oxygen atoms in total. The first-order valence-corrected chi connectivity index (χ1v) is 4.91. The van der Waals surface area contributed by atoms with Crippen LogP contribution < -0.4 is 5.32 Å². The van der Waals surface area contributed by atoms with Gasteiger partial charge in [0.25, 0.3) is 5.91 Å². The third-order valence-corrected chi connectivity index (χ3v) is 2.19. The first kappa shape index (κ1) is 13.0. The maximum atomic E-state index is 13.4. The van der Waals surface area contributed by atoms with Crippen molar-refractivity contribution in [3.63, 3.8) is 0 Å². The van der Waals surface area contributed by atoms with Crippen molar-refractivity contribution in [2.24, 2.45) is 0 Å². The highest BCUT2D eigenvalue weighted by atomic mass is 19.4. The van der Waals surface area contributed by atoms with E-state index >= 15 is 0 Å². The van der Waals surface area contributed by atoms with Gasteiger partial charge in [-0.15, -0.1) is 0 Å². The average Bonchev–Trinajstić information content (AvgIpc) is 2.80. The van der Waals surface area contributed by atoms with E-state index in [0.29, 0.717) is 18.2 Å². The molecule has 0 unspecified atom stereocenters. The van der Waals surface area contributed by atoms with E-state index in [1.165, 1.54) is 0 Å². The molecule has 0 saturated carbocycles. The minimum atomic E-state index is -4.66. The highest BCUT2D eigenvalue weighted by Crippen LogP contribution is 2.30. The Morgan fingerprint density at radius 2 is 2.05 bits per heavy atom. The molecular formula is C10H6F4N4O. The number of alkyl halides is 3. The number of anilines is 1. The summed E-state index contributed by atoms with van der Waals surface area (Å²) in [7, 11) is 0. The molecule has 19 heavy (non-hydrogen) atoms. The Morgan fingerprint density at radius 3 is 2.63 bits per heavy atom. The van der Waals surface area contributed by atoms with Crippen molar-refractivity contribution in [3.8, 4) is 0 Å². The lowest BCUT2D eigenvalue weighted by Crippen LogP contribution is -2.16. The van der Waals surface area contributed by atoms with Gasteiger partial charge in [-0.2, -0.15) is 23.3 Å². The van der Waals surface area contributed by atoms with Crippen LogP contribution in [0, 0.1) is 5.82 Å². The number of rotatable bonds is 2. The predicted molar refractivity (Wildman–Crippen MR) is 55.7 cm³/mol. The average molecular weight is 274 g/mol. The number of benzene rings is 1. The maximum absolute atomic E-state index is 13.4. The summed E-state index contributed by atoms with van der Waals surface area (Å²) in [6, 6.07) is 1.57. The van der Waals surface area contributed by atoms with Crippen LogP contribution in [-0.4, -0.2) is 21.1 Å². The third-order valence-electron chi connectivity index (χ3n) is 2.19. The number of hydrogen-bond donors (Lipinski definition) is 2. The van der Waals surface area contributed by atoms with Crippen molar-refractivity contribution >= 4 is 11.9 Å². The van der Waals surface area contributed by atoms with Crippen LogP contribution in [0.4, 0.5) is 23.5 Å². The van der Waals surface area contributed by atoms with Gasteiger partial charge in [-0.25, -0.2) is 9.49 Å². The lowest BCUT2D eigenvalue weighted by Gasteiger charge is -2.09. The quantitative estimate of drug-likeness (QED) is 0.825. The first-order chi connectivity index (χ1) is 8.88. The monoisotopic (exact) mass is 274 g/mol. The number of halogens is 4. The summed E-state index contributed by atoms with van der Waals surface area (Å²) in [5.74, 6) is -2.22. The second-order valence-corrected chi connectivity index (χ2v) is 3.48. The summed E-state index contributed by atoms with van der Waals surface area (Å²) >= 11 is 0. The molecule has 1 amide bonds. The van der Waals surface area contributed by atoms with Crippen LogP contribution in [-0.2, 0) is 6.18 Å². The van der Waals surface area contributed by atoms with Gasteiger partial charge in [0.15, 0.2) is 0 Å². The summed E-state index contributed by atoms with van der Waals surface area (Å²) < 4.78 is 50.7. The number of aromatic amines is 1. The van der Waals surface area contributed by atoms with E-state index in [9.17, 15) is 22.4 Å². The number of amides is 1. The van der Waals surface area contributed by atoms with E-state index in [0.717, 1.165) is 6.33 Å². The molecule has 1 aromatic heterocycles. The Morgan fingerprint density at radius 1 is 1.32 bits per heavy atom. The predicted octanol–water partition coefficient (Wildman–Crippen LogP) is 2.21. The van der Waals surface area contributed by atoms with Gasteiger partial charge in [-0.1, -0.05) is 0 Å². The molecule has 0 atom stereocenters. The van der Waals surface area contributed by atoms with E-state index in [1.807, 2.05) is 0 Å². The molecule has 0 saturated heterocycles. The van der Waals surface area contributed by atoms with E-state index < -0.39 is 29.0 Å². The number of carbonyl (C=O) groups is 1. The molecule has 0 aliphatic rings. The molecule has 2 N–H and O–H groups in total. The van der Waals surface area contributed by atoms with Gasteiger partial charge in [0.2, 0.25) is 5.95 Å².